The molecule has 3 rings (SSSR count). The smallest absolute Gasteiger partial charge is 0.0513 e. The molecule has 0 atom stereocenters. The fourth-order valence-corrected chi connectivity index (χ4v) is 3.25. The van der Waals surface area contributed by atoms with Gasteiger partial charge in [-0.05, 0) is 50.4 Å². The summed E-state index contributed by atoms with van der Waals surface area (Å²) in [5.41, 5.74) is 6.15. The van der Waals surface area contributed by atoms with Crippen LogP contribution in [-0.4, -0.2) is 18.2 Å². The summed E-state index contributed by atoms with van der Waals surface area (Å²) < 4.78 is 2.31. The highest BCUT2D eigenvalue weighted by atomic mass is 14.9. The van der Waals surface area contributed by atoms with Gasteiger partial charge in [-0.3, -0.25) is 0 Å². The van der Waals surface area contributed by atoms with Crippen molar-refractivity contribution >= 4 is 10.9 Å². The van der Waals surface area contributed by atoms with Crippen molar-refractivity contribution in [2.24, 2.45) is 7.05 Å². The average molecular weight is 242 g/mol. The number of hydrogen-bond donors (Lipinski definition) is 1. The second-order valence-electron chi connectivity index (χ2n) is 5.87. The van der Waals surface area contributed by atoms with Crippen LogP contribution in [0.25, 0.3) is 10.9 Å². The molecule has 0 unspecified atom stereocenters. The lowest BCUT2D eigenvalue weighted by molar-refractivity contribution is 0.626. The first kappa shape index (κ1) is 11.8. The number of aryl methyl sites for hydroxylation is 3. The molecule has 1 aromatic carbocycles. The summed E-state index contributed by atoms with van der Waals surface area (Å²) in [6, 6.07) is 4.57. The third-order valence-corrected chi connectivity index (χ3v) is 4.61. The van der Waals surface area contributed by atoms with E-state index < -0.39 is 0 Å². The Bertz CT molecular complexity index is 603. The van der Waals surface area contributed by atoms with Crippen molar-refractivity contribution in [3.8, 4) is 0 Å². The Hall–Kier alpha value is -1.28. The van der Waals surface area contributed by atoms with Crippen LogP contribution in [0.5, 0.6) is 0 Å². The van der Waals surface area contributed by atoms with Gasteiger partial charge in [0.2, 0.25) is 0 Å². The quantitative estimate of drug-likeness (QED) is 0.875. The first-order valence-electron chi connectivity index (χ1n) is 6.79. The monoisotopic (exact) mass is 242 g/mol. The molecule has 0 radical (unpaired) electrons. The standard InChI is InChI=1S/C16H22N2/c1-11-5-6-13-14(16(7-8-16)10-17-3)9-18(4)15(13)12(11)2/h5-6,9,17H,7-8,10H2,1-4H3. The molecule has 2 aromatic rings. The van der Waals surface area contributed by atoms with Gasteiger partial charge in [-0.2, -0.15) is 0 Å². The van der Waals surface area contributed by atoms with Crippen molar-refractivity contribution in [3.05, 3.63) is 35.0 Å². The highest BCUT2D eigenvalue weighted by Gasteiger charge is 2.45. The highest BCUT2D eigenvalue weighted by Crippen LogP contribution is 2.50. The van der Waals surface area contributed by atoms with Crippen molar-refractivity contribution < 1.29 is 0 Å². The summed E-state index contributed by atoms with van der Waals surface area (Å²) in [5.74, 6) is 0. The lowest BCUT2D eigenvalue weighted by Crippen LogP contribution is -2.23. The van der Waals surface area contributed by atoms with Crippen molar-refractivity contribution in [1.29, 1.82) is 0 Å². The summed E-state index contributed by atoms with van der Waals surface area (Å²) in [6.45, 7) is 5.53. The number of likely N-dealkylation sites (N-methyl/N-ethyl adjacent to an activating group) is 1. The van der Waals surface area contributed by atoms with Crippen LogP contribution in [0.15, 0.2) is 18.3 Å². The minimum atomic E-state index is 0.399. The van der Waals surface area contributed by atoms with E-state index in [4.69, 9.17) is 0 Å². The van der Waals surface area contributed by atoms with Gasteiger partial charge >= 0.3 is 0 Å². The van der Waals surface area contributed by atoms with Crippen LogP contribution >= 0.6 is 0 Å². The Morgan fingerprint density at radius 3 is 2.61 bits per heavy atom. The fraction of sp³-hybridized carbons (Fsp3) is 0.500. The largest absolute Gasteiger partial charge is 0.350 e. The van der Waals surface area contributed by atoms with E-state index in [2.05, 4.69) is 56.2 Å². The molecular weight excluding hydrogens is 220 g/mol. The summed E-state index contributed by atoms with van der Waals surface area (Å²) >= 11 is 0. The zero-order valence-corrected chi connectivity index (χ0v) is 11.8. The minimum Gasteiger partial charge on any atom is -0.350 e. The Balaban J connectivity index is 2.24. The number of nitrogens with zero attached hydrogens (tertiary/aromatic N) is 1. The normalized spacial score (nSPS) is 17.3. The molecule has 0 spiro atoms. The van der Waals surface area contributed by atoms with Gasteiger partial charge in [0, 0.05) is 30.6 Å². The van der Waals surface area contributed by atoms with Crippen LogP contribution < -0.4 is 5.32 Å². The third kappa shape index (κ3) is 1.52. The van der Waals surface area contributed by atoms with Crippen LogP contribution in [0, 0.1) is 13.8 Å². The van der Waals surface area contributed by atoms with Gasteiger partial charge in [-0.15, -0.1) is 0 Å². The number of aromatic nitrogens is 1. The summed E-state index contributed by atoms with van der Waals surface area (Å²) in [6.07, 6.45) is 4.99. The molecule has 0 bridgehead atoms. The van der Waals surface area contributed by atoms with Gasteiger partial charge in [0.25, 0.3) is 0 Å². The number of hydrogen-bond acceptors (Lipinski definition) is 1. The lowest BCUT2D eigenvalue weighted by atomic mass is 9.94. The maximum Gasteiger partial charge on any atom is 0.0513 e. The SMILES string of the molecule is CNCC1(c2cn(C)c3c(C)c(C)ccc23)CC1. The Morgan fingerprint density at radius 2 is 2.00 bits per heavy atom. The van der Waals surface area contributed by atoms with Crippen LogP contribution in [0.1, 0.15) is 29.5 Å². The van der Waals surface area contributed by atoms with E-state index in [9.17, 15) is 0 Å². The number of nitrogens with one attached hydrogen (secondary N) is 1. The topological polar surface area (TPSA) is 17.0 Å². The number of fused-ring (bicyclic) bond motifs is 1. The van der Waals surface area contributed by atoms with Crippen LogP contribution in [-0.2, 0) is 12.5 Å². The zero-order valence-electron chi connectivity index (χ0n) is 11.8. The molecule has 1 N–H and O–H groups in total. The Labute approximate surface area is 109 Å². The van der Waals surface area contributed by atoms with Gasteiger partial charge in [0.15, 0.2) is 0 Å². The Morgan fingerprint density at radius 1 is 1.28 bits per heavy atom. The average Bonchev–Trinajstić information content (AvgIpc) is 3.03. The molecule has 1 fully saturated rings. The van der Waals surface area contributed by atoms with E-state index >= 15 is 0 Å². The maximum absolute atomic E-state index is 3.36. The highest BCUT2D eigenvalue weighted by molar-refractivity contribution is 5.89. The fourth-order valence-electron chi connectivity index (χ4n) is 3.25. The van der Waals surface area contributed by atoms with Gasteiger partial charge in [-0.1, -0.05) is 12.1 Å². The van der Waals surface area contributed by atoms with Gasteiger partial charge in [0.1, 0.15) is 0 Å². The predicted octanol–water partition coefficient (Wildman–Crippen LogP) is 3.05. The molecule has 0 amide bonds. The molecule has 1 saturated carbocycles. The Kier molecular flexibility index (Phi) is 2.53. The second-order valence-corrected chi connectivity index (χ2v) is 5.87. The molecule has 2 heteroatoms. The minimum absolute atomic E-state index is 0.399. The second kappa shape index (κ2) is 3.86. The maximum atomic E-state index is 3.36. The van der Waals surface area contributed by atoms with E-state index in [1.807, 2.05) is 0 Å². The summed E-state index contributed by atoms with van der Waals surface area (Å²) in [4.78, 5) is 0. The van der Waals surface area contributed by atoms with Gasteiger partial charge in [-0.25, -0.2) is 0 Å². The first-order valence-corrected chi connectivity index (χ1v) is 6.79. The molecule has 1 aromatic heterocycles. The third-order valence-electron chi connectivity index (χ3n) is 4.61. The molecule has 1 aliphatic carbocycles. The van der Waals surface area contributed by atoms with Crippen molar-refractivity contribution in [1.82, 2.24) is 9.88 Å². The number of benzene rings is 1. The van der Waals surface area contributed by atoms with Crippen molar-refractivity contribution in [2.75, 3.05) is 13.6 Å². The molecule has 96 valence electrons. The van der Waals surface area contributed by atoms with Gasteiger partial charge in [0.05, 0.1) is 5.52 Å². The van der Waals surface area contributed by atoms with E-state index in [0.717, 1.165) is 6.54 Å². The van der Waals surface area contributed by atoms with Crippen LogP contribution in [0.4, 0.5) is 0 Å². The van der Waals surface area contributed by atoms with E-state index in [1.165, 1.54) is 40.4 Å². The predicted molar refractivity (Wildman–Crippen MR) is 77.2 cm³/mol. The van der Waals surface area contributed by atoms with Gasteiger partial charge < -0.3 is 9.88 Å². The molecule has 18 heavy (non-hydrogen) atoms. The lowest BCUT2D eigenvalue weighted by Gasteiger charge is -2.14. The molecule has 1 heterocycles. The number of rotatable bonds is 3. The molecule has 0 aliphatic heterocycles. The van der Waals surface area contributed by atoms with Crippen LogP contribution in [0.3, 0.4) is 0 Å². The summed E-state index contributed by atoms with van der Waals surface area (Å²) in [5, 5.41) is 4.81. The summed E-state index contributed by atoms with van der Waals surface area (Å²) in [7, 11) is 4.23. The van der Waals surface area contributed by atoms with Crippen LogP contribution in [0.2, 0.25) is 0 Å². The van der Waals surface area contributed by atoms with E-state index in [-0.39, 0.29) is 0 Å². The molecule has 2 nitrogen and oxygen atoms in total. The first-order chi connectivity index (χ1) is 8.59. The zero-order chi connectivity index (χ0) is 12.9. The van der Waals surface area contributed by atoms with Crippen molar-refractivity contribution in [2.45, 2.75) is 32.1 Å². The van der Waals surface area contributed by atoms with E-state index in [1.54, 1.807) is 0 Å². The van der Waals surface area contributed by atoms with Crippen molar-refractivity contribution in [3.63, 3.8) is 0 Å². The molecular formula is C16H22N2. The van der Waals surface area contributed by atoms with E-state index in [0.29, 0.717) is 5.41 Å². The molecule has 1 aliphatic rings. The molecule has 0 saturated heterocycles.